The van der Waals surface area contributed by atoms with Gasteiger partial charge in [-0.05, 0) is 30.7 Å². The molecule has 0 spiro atoms. The van der Waals surface area contributed by atoms with Crippen molar-refractivity contribution in [1.29, 1.82) is 0 Å². The van der Waals surface area contributed by atoms with Crippen LogP contribution in [0.15, 0.2) is 47.8 Å². The van der Waals surface area contributed by atoms with Gasteiger partial charge in [0.1, 0.15) is 5.01 Å². The molecule has 1 saturated heterocycles. The second kappa shape index (κ2) is 11.5. The van der Waals surface area contributed by atoms with E-state index in [2.05, 4.69) is 34.3 Å². The highest BCUT2D eigenvalue weighted by atomic mass is 32.1. The minimum Gasteiger partial charge on any atom is -0.493 e. The molecule has 34 heavy (non-hydrogen) atoms. The van der Waals surface area contributed by atoms with E-state index >= 15 is 0 Å². The minimum atomic E-state index is -0.0418. The number of carbonyl (C=O) groups excluding carboxylic acids is 1. The third-order valence-corrected chi connectivity index (χ3v) is 6.87. The average Bonchev–Trinajstić information content (AvgIpc) is 3.33. The van der Waals surface area contributed by atoms with E-state index in [4.69, 9.17) is 14.2 Å². The van der Waals surface area contributed by atoms with Gasteiger partial charge in [0.05, 0.1) is 45.6 Å². The Kier molecular flexibility index (Phi) is 8.16. The maximum atomic E-state index is 12.8. The van der Waals surface area contributed by atoms with Crippen LogP contribution in [-0.4, -0.2) is 62.9 Å². The summed E-state index contributed by atoms with van der Waals surface area (Å²) >= 11 is 1.57. The molecule has 0 radical (unpaired) electrons. The van der Waals surface area contributed by atoms with Crippen LogP contribution in [0.4, 0.5) is 0 Å². The van der Waals surface area contributed by atoms with Crippen LogP contribution >= 0.6 is 11.3 Å². The number of amides is 1. The topological polar surface area (TPSA) is 72.9 Å². The van der Waals surface area contributed by atoms with E-state index in [0.29, 0.717) is 31.3 Å². The molecule has 1 fully saturated rings. The smallest absolute Gasteiger partial charge is 0.226 e. The molecule has 1 unspecified atom stereocenters. The SMILES string of the molecule is COc1ccc(C(CNC(=O)Cc2csc(-c3cccc(C)c3)n2)N2CCOCC2)cc1OC. The predicted octanol–water partition coefficient (Wildman–Crippen LogP) is 3.87. The number of methoxy groups -OCH3 is 2. The van der Waals surface area contributed by atoms with Gasteiger partial charge >= 0.3 is 0 Å². The van der Waals surface area contributed by atoms with E-state index in [1.165, 1.54) is 5.56 Å². The molecule has 0 saturated carbocycles. The average molecular weight is 482 g/mol. The summed E-state index contributed by atoms with van der Waals surface area (Å²) in [5.41, 5.74) is 4.12. The Labute approximate surface area is 204 Å². The molecule has 7 nitrogen and oxygen atoms in total. The first-order valence-electron chi connectivity index (χ1n) is 11.4. The van der Waals surface area contributed by atoms with Crippen molar-refractivity contribution in [3.63, 3.8) is 0 Å². The van der Waals surface area contributed by atoms with Crippen molar-refractivity contribution in [1.82, 2.24) is 15.2 Å². The lowest BCUT2D eigenvalue weighted by atomic mass is 10.0. The highest BCUT2D eigenvalue weighted by Gasteiger charge is 2.24. The predicted molar refractivity (Wildman–Crippen MR) is 134 cm³/mol. The highest BCUT2D eigenvalue weighted by Crippen LogP contribution is 2.32. The number of aryl methyl sites for hydroxylation is 1. The highest BCUT2D eigenvalue weighted by molar-refractivity contribution is 7.13. The number of ether oxygens (including phenoxy) is 3. The molecule has 1 aliphatic heterocycles. The maximum absolute atomic E-state index is 12.8. The molecule has 1 aromatic heterocycles. The van der Waals surface area contributed by atoms with E-state index in [0.717, 1.165) is 34.9 Å². The minimum absolute atomic E-state index is 0.00550. The molecule has 1 N–H and O–H groups in total. The second-order valence-corrected chi connectivity index (χ2v) is 9.13. The number of nitrogens with one attached hydrogen (secondary N) is 1. The lowest BCUT2D eigenvalue weighted by Gasteiger charge is -2.35. The second-order valence-electron chi connectivity index (χ2n) is 8.27. The molecular weight excluding hydrogens is 450 g/mol. The van der Waals surface area contributed by atoms with Crippen LogP contribution in [0.3, 0.4) is 0 Å². The molecule has 4 rings (SSSR count). The molecule has 8 heteroatoms. The van der Waals surface area contributed by atoms with E-state index in [1.54, 1.807) is 25.6 Å². The lowest BCUT2D eigenvalue weighted by Crippen LogP contribution is -2.44. The number of morpholine rings is 1. The summed E-state index contributed by atoms with van der Waals surface area (Å²) in [6, 6.07) is 14.2. The fourth-order valence-electron chi connectivity index (χ4n) is 4.14. The number of carbonyl (C=O) groups is 1. The number of aromatic nitrogens is 1. The van der Waals surface area contributed by atoms with Crippen molar-refractivity contribution in [3.05, 3.63) is 64.7 Å². The van der Waals surface area contributed by atoms with Crippen LogP contribution in [0.1, 0.15) is 22.9 Å². The number of nitrogens with zero attached hydrogens (tertiary/aromatic N) is 2. The zero-order chi connectivity index (χ0) is 23.9. The van der Waals surface area contributed by atoms with E-state index in [-0.39, 0.29) is 18.4 Å². The van der Waals surface area contributed by atoms with Gasteiger partial charge in [-0.1, -0.05) is 29.8 Å². The summed E-state index contributed by atoms with van der Waals surface area (Å²) < 4.78 is 16.4. The van der Waals surface area contributed by atoms with Crippen LogP contribution < -0.4 is 14.8 Å². The number of hydrogen-bond acceptors (Lipinski definition) is 7. The standard InChI is InChI=1S/C26H31N3O4S/c1-18-5-4-6-20(13-18)26-28-21(17-34-26)15-25(30)27-16-22(29-9-11-33-12-10-29)19-7-8-23(31-2)24(14-19)32-3/h4-8,13-14,17,22H,9-12,15-16H2,1-3H3,(H,27,30). The third-order valence-electron chi connectivity index (χ3n) is 5.93. The fraction of sp³-hybridized carbons (Fsp3) is 0.385. The maximum Gasteiger partial charge on any atom is 0.226 e. The zero-order valence-electron chi connectivity index (χ0n) is 19.9. The van der Waals surface area contributed by atoms with E-state index in [9.17, 15) is 4.79 Å². The third kappa shape index (κ3) is 5.94. The summed E-state index contributed by atoms with van der Waals surface area (Å²) in [6.07, 6.45) is 0.254. The normalized spacial score (nSPS) is 15.0. The van der Waals surface area contributed by atoms with Crippen molar-refractivity contribution >= 4 is 17.2 Å². The Morgan fingerprint density at radius 1 is 1.15 bits per heavy atom. The first-order valence-corrected chi connectivity index (χ1v) is 12.3. The van der Waals surface area contributed by atoms with Gasteiger partial charge < -0.3 is 19.5 Å². The quantitative estimate of drug-likeness (QED) is 0.500. The summed E-state index contributed by atoms with van der Waals surface area (Å²) in [7, 11) is 3.26. The van der Waals surface area contributed by atoms with Gasteiger partial charge in [0, 0.05) is 30.6 Å². The van der Waals surface area contributed by atoms with Crippen LogP contribution in [0.25, 0.3) is 10.6 Å². The van der Waals surface area contributed by atoms with Gasteiger partial charge in [-0.15, -0.1) is 11.3 Å². The number of thiazole rings is 1. The molecule has 0 bridgehead atoms. The van der Waals surface area contributed by atoms with Crippen LogP contribution in [-0.2, 0) is 16.0 Å². The first kappa shape index (κ1) is 24.2. The van der Waals surface area contributed by atoms with Gasteiger partial charge in [0.2, 0.25) is 5.91 Å². The Morgan fingerprint density at radius 2 is 1.94 bits per heavy atom. The van der Waals surface area contributed by atoms with Crippen LogP contribution in [0.5, 0.6) is 11.5 Å². The Bertz CT molecular complexity index is 1110. The Morgan fingerprint density at radius 3 is 2.68 bits per heavy atom. The summed E-state index contributed by atoms with van der Waals surface area (Å²) in [4.78, 5) is 19.8. The Hall–Kier alpha value is -2.94. The van der Waals surface area contributed by atoms with Gasteiger partial charge in [0.25, 0.3) is 0 Å². The van der Waals surface area contributed by atoms with Gasteiger partial charge in [0.15, 0.2) is 11.5 Å². The fourth-order valence-corrected chi connectivity index (χ4v) is 4.96. The molecule has 1 atom stereocenters. The number of hydrogen-bond donors (Lipinski definition) is 1. The molecule has 1 aliphatic rings. The van der Waals surface area contributed by atoms with Crippen LogP contribution in [0, 0.1) is 6.92 Å². The van der Waals surface area contributed by atoms with Crippen LogP contribution in [0.2, 0.25) is 0 Å². The van der Waals surface area contributed by atoms with Crippen molar-refractivity contribution < 1.29 is 19.0 Å². The van der Waals surface area contributed by atoms with Crippen molar-refractivity contribution in [2.45, 2.75) is 19.4 Å². The molecule has 1 amide bonds. The van der Waals surface area contributed by atoms with Gasteiger partial charge in [-0.2, -0.15) is 0 Å². The summed E-state index contributed by atoms with van der Waals surface area (Å²) in [6.45, 7) is 5.52. The van der Waals surface area contributed by atoms with Crippen molar-refractivity contribution in [3.8, 4) is 22.1 Å². The van der Waals surface area contributed by atoms with Gasteiger partial charge in [-0.3, -0.25) is 9.69 Å². The first-order chi connectivity index (χ1) is 16.6. The number of rotatable bonds is 9. The largest absolute Gasteiger partial charge is 0.493 e. The van der Waals surface area contributed by atoms with E-state index in [1.807, 2.05) is 35.7 Å². The van der Waals surface area contributed by atoms with Crippen molar-refractivity contribution in [2.75, 3.05) is 47.1 Å². The lowest BCUT2D eigenvalue weighted by molar-refractivity contribution is -0.120. The molecule has 2 heterocycles. The Balaban J connectivity index is 1.43. The molecule has 180 valence electrons. The van der Waals surface area contributed by atoms with Gasteiger partial charge in [-0.25, -0.2) is 4.98 Å². The zero-order valence-corrected chi connectivity index (χ0v) is 20.7. The number of benzene rings is 2. The summed E-state index contributed by atoms with van der Waals surface area (Å²) in [5, 5.41) is 6.02. The van der Waals surface area contributed by atoms with E-state index < -0.39 is 0 Å². The molecule has 3 aromatic rings. The molecule has 2 aromatic carbocycles. The monoisotopic (exact) mass is 481 g/mol. The summed E-state index contributed by atoms with van der Waals surface area (Å²) in [5.74, 6) is 1.32. The molecule has 0 aliphatic carbocycles. The van der Waals surface area contributed by atoms with Crippen molar-refractivity contribution in [2.24, 2.45) is 0 Å². The molecular formula is C26H31N3O4S.